The van der Waals surface area contributed by atoms with Gasteiger partial charge in [0.15, 0.2) is 0 Å². The van der Waals surface area contributed by atoms with Crippen LogP contribution in [-0.4, -0.2) is 31.4 Å². The maximum Gasteiger partial charge on any atom is 0.293 e. The number of benzene rings is 2. The fraction of sp³-hybridized carbons (Fsp3) is 0.278. The molecule has 0 atom stereocenters. The Bertz CT molecular complexity index is 653. The van der Waals surface area contributed by atoms with E-state index in [2.05, 4.69) is 4.74 Å². The molecule has 0 saturated heterocycles. The molecule has 0 aliphatic rings. The molecule has 0 fully saturated rings. The van der Waals surface area contributed by atoms with Gasteiger partial charge in [0, 0.05) is 17.5 Å². The Morgan fingerprint density at radius 2 is 1.87 bits per heavy atom. The van der Waals surface area contributed by atoms with Gasteiger partial charge in [0.1, 0.15) is 18.2 Å². The zero-order valence-electron chi connectivity index (χ0n) is 12.9. The molecule has 0 aromatic heterocycles. The highest BCUT2D eigenvalue weighted by Gasteiger charge is 2.16. The van der Waals surface area contributed by atoms with Crippen molar-refractivity contribution < 1.29 is 23.8 Å². The van der Waals surface area contributed by atoms with Crippen molar-refractivity contribution in [2.75, 3.05) is 19.8 Å². The van der Waals surface area contributed by atoms with Crippen LogP contribution < -0.4 is 4.74 Å². The summed E-state index contributed by atoms with van der Waals surface area (Å²) in [4.78, 5) is 10.3. The van der Waals surface area contributed by atoms with Gasteiger partial charge in [0.25, 0.3) is 6.47 Å². The van der Waals surface area contributed by atoms with Crippen molar-refractivity contribution in [3.8, 4) is 16.9 Å². The molecule has 4 nitrogen and oxygen atoms in total. The van der Waals surface area contributed by atoms with Crippen LogP contribution in [0.5, 0.6) is 5.75 Å². The van der Waals surface area contributed by atoms with E-state index in [0.29, 0.717) is 23.3 Å². The van der Waals surface area contributed by atoms with Gasteiger partial charge in [0.05, 0.1) is 13.2 Å². The van der Waals surface area contributed by atoms with Gasteiger partial charge in [-0.15, -0.1) is 0 Å². The molecule has 2 aromatic carbocycles. The topological polar surface area (TPSA) is 55.8 Å². The van der Waals surface area contributed by atoms with E-state index in [1.54, 1.807) is 12.1 Å². The van der Waals surface area contributed by atoms with Crippen LogP contribution in [0, 0.1) is 12.7 Å². The third-order valence-corrected chi connectivity index (χ3v) is 3.45. The number of rotatable bonds is 8. The lowest BCUT2D eigenvalue weighted by atomic mass is 9.99. The van der Waals surface area contributed by atoms with Gasteiger partial charge in [-0.2, -0.15) is 0 Å². The minimum absolute atomic E-state index is 0.0628. The molecule has 23 heavy (non-hydrogen) atoms. The lowest BCUT2D eigenvalue weighted by Crippen LogP contribution is -2.08. The van der Waals surface area contributed by atoms with Crippen LogP contribution in [0.3, 0.4) is 0 Å². The van der Waals surface area contributed by atoms with E-state index < -0.39 is 5.82 Å². The number of carbonyl (C=O) groups excluding carboxylic acids is 1. The minimum atomic E-state index is -0.404. The van der Waals surface area contributed by atoms with E-state index in [-0.39, 0.29) is 26.2 Å². The predicted octanol–water partition coefficient (Wildman–Crippen LogP) is 2.89. The Morgan fingerprint density at radius 1 is 1.13 bits per heavy atom. The fourth-order valence-electron chi connectivity index (χ4n) is 2.29. The van der Waals surface area contributed by atoms with Crippen LogP contribution in [0.25, 0.3) is 11.1 Å². The highest BCUT2D eigenvalue weighted by atomic mass is 19.1. The molecule has 2 rings (SSSR count). The van der Waals surface area contributed by atoms with E-state index in [1.165, 1.54) is 0 Å². The molecule has 0 radical (unpaired) electrons. The number of hydrogen-bond donors (Lipinski definition) is 1. The van der Waals surface area contributed by atoms with Crippen LogP contribution in [0.1, 0.15) is 11.1 Å². The van der Waals surface area contributed by atoms with Crippen LogP contribution >= 0.6 is 0 Å². The average molecular weight is 318 g/mol. The number of aliphatic hydroxyl groups excluding tert-OH is 1. The number of aliphatic hydroxyl groups is 1. The lowest BCUT2D eigenvalue weighted by molar-refractivity contribution is -0.128. The third kappa shape index (κ3) is 4.29. The molecule has 0 spiro atoms. The van der Waals surface area contributed by atoms with Crippen LogP contribution in [0.2, 0.25) is 0 Å². The van der Waals surface area contributed by atoms with Gasteiger partial charge in [-0.1, -0.05) is 29.8 Å². The van der Waals surface area contributed by atoms with Crippen molar-refractivity contribution in [3.63, 3.8) is 0 Å². The molecular weight excluding hydrogens is 299 g/mol. The van der Waals surface area contributed by atoms with Crippen LogP contribution in [-0.2, 0) is 16.0 Å². The summed E-state index contributed by atoms with van der Waals surface area (Å²) in [5.41, 5.74) is 2.65. The zero-order chi connectivity index (χ0) is 16.7. The Morgan fingerprint density at radius 3 is 2.52 bits per heavy atom. The summed E-state index contributed by atoms with van der Waals surface area (Å²) in [7, 11) is 0. The number of carbonyl (C=O) groups is 1. The normalized spacial score (nSPS) is 10.4. The van der Waals surface area contributed by atoms with Crippen molar-refractivity contribution in [2.24, 2.45) is 0 Å². The van der Waals surface area contributed by atoms with E-state index in [4.69, 9.17) is 9.84 Å². The highest BCUT2D eigenvalue weighted by Crippen LogP contribution is 2.31. The molecule has 0 unspecified atom stereocenters. The molecule has 0 saturated carbocycles. The quantitative estimate of drug-likeness (QED) is 0.601. The summed E-state index contributed by atoms with van der Waals surface area (Å²) in [5.74, 6) is -0.0549. The maximum atomic E-state index is 14.9. The van der Waals surface area contributed by atoms with Gasteiger partial charge in [0.2, 0.25) is 0 Å². The molecule has 122 valence electrons. The predicted molar refractivity (Wildman–Crippen MR) is 84.9 cm³/mol. The van der Waals surface area contributed by atoms with Gasteiger partial charge >= 0.3 is 0 Å². The second kappa shape index (κ2) is 8.29. The van der Waals surface area contributed by atoms with E-state index in [0.717, 1.165) is 11.1 Å². The summed E-state index contributed by atoms with van der Waals surface area (Å²) in [6.07, 6.45) is 0.199. The first-order valence-corrected chi connectivity index (χ1v) is 7.34. The molecule has 0 heterocycles. The van der Waals surface area contributed by atoms with Crippen molar-refractivity contribution in [3.05, 3.63) is 53.3 Å². The molecule has 0 aliphatic heterocycles. The van der Waals surface area contributed by atoms with Gasteiger partial charge in [-0.25, -0.2) is 4.39 Å². The fourth-order valence-corrected chi connectivity index (χ4v) is 2.29. The van der Waals surface area contributed by atoms with Gasteiger partial charge in [-0.05, 0) is 24.6 Å². The lowest BCUT2D eigenvalue weighted by Gasteiger charge is -2.14. The van der Waals surface area contributed by atoms with Crippen LogP contribution in [0.15, 0.2) is 36.4 Å². The number of ether oxygens (including phenoxy) is 2. The molecule has 1 N–H and O–H groups in total. The summed E-state index contributed by atoms with van der Waals surface area (Å²) in [6, 6.07) is 10.9. The summed E-state index contributed by atoms with van der Waals surface area (Å²) in [5, 5.41) is 8.87. The Hall–Kier alpha value is -2.40. The second-order valence-electron chi connectivity index (χ2n) is 5.06. The standard InChI is InChI=1S/C18H19FO4/c1-13-2-4-14(5-3-13)15-6-7-17(23-11-9-20)16(18(15)19)8-10-22-12-21/h2-7,12,20H,8-11H2,1H3. The Balaban J connectivity index is 2.38. The first kappa shape index (κ1) is 17.0. The molecular formula is C18H19FO4. The minimum Gasteiger partial charge on any atom is -0.491 e. The smallest absolute Gasteiger partial charge is 0.293 e. The Labute approximate surface area is 134 Å². The summed E-state index contributed by atoms with van der Waals surface area (Å²) in [6.45, 7) is 2.27. The molecule has 2 aromatic rings. The summed E-state index contributed by atoms with van der Waals surface area (Å²) < 4.78 is 24.9. The molecule has 0 aliphatic carbocycles. The number of aryl methyl sites for hydroxylation is 1. The molecule has 0 amide bonds. The second-order valence-corrected chi connectivity index (χ2v) is 5.06. The van der Waals surface area contributed by atoms with Gasteiger partial charge in [-0.3, -0.25) is 4.79 Å². The van der Waals surface area contributed by atoms with Crippen molar-refractivity contribution in [1.29, 1.82) is 0 Å². The van der Waals surface area contributed by atoms with Gasteiger partial charge < -0.3 is 14.6 Å². The Kier molecular flexibility index (Phi) is 6.11. The monoisotopic (exact) mass is 318 g/mol. The molecule has 0 bridgehead atoms. The summed E-state index contributed by atoms with van der Waals surface area (Å²) >= 11 is 0. The van der Waals surface area contributed by atoms with E-state index in [9.17, 15) is 9.18 Å². The van der Waals surface area contributed by atoms with Crippen LogP contribution in [0.4, 0.5) is 4.39 Å². The number of hydrogen-bond acceptors (Lipinski definition) is 4. The average Bonchev–Trinajstić information content (AvgIpc) is 2.56. The third-order valence-electron chi connectivity index (χ3n) is 3.45. The van der Waals surface area contributed by atoms with E-state index >= 15 is 0 Å². The van der Waals surface area contributed by atoms with Crippen molar-refractivity contribution >= 4 is 6.47 Å². The first-order chi connectivity index (χ1) is 11.2. The first-order valence-electron chi connectivity index (χ1n) is 7.34. The van der Waals surface area contributed by atoms with Crippen molar-refractivity contribution in [2.45, 2.75) is 13.3 Å². The van der Waals surface area contributed by atoms with E-state index in [1.807, 2.05) is 31.2 Å². The SMILES string of the molecule is Cc1ccc(-c2ccc(OCCO)c(CCOC=O)c2F)cc1. The highest BCUT2D eigenvalue weighted by molar-refractivity contribution is 5.67. The molecule has 5 heteroatoms. The number of halogens is 1. The largest absolute Gasteiger partial charge is 0.491 e. The zero-order valence-corrected chi connectivity index (χ0v) is 12.9. The van der Waals surface area contributed by atoms with Crippen molar-refractivity contribution in [1.82, 2.24) is 0 Å². The maximum absolute atomic E-state index is 14.9.